The second-order valence-electron chi connectivity index (χ2n) is 3.36. The van der Waals surface area contributed by atoms with Crippen molar-refractivity contribution in [2.24, 2.45) is 0 Å². The maximum atomic E-state index is 10.9. The van der Waals surface area contributed by atoms with Crippen LogP contribution in [0.15, 0.2) is 42.5 Å². The summed E-state index contributed by atoms with van der Waals surface area (Å²) in [6.07, 6.45) is 0.803. The Morgan fingerprint density at radius 1 is 1.12 bits per heavy atom. The Bertz CT molecular complexity index is 489. The molecule has 0 saturated heterocycles. The molecule has 0 heterocycles. The van der Waals surface area contributed by atoms with E-state index in [0.29, 0.717) is 11.3 Å². The van der Waals surface area contributed by atoms with Crippen molar-refractivity contribution >= 4 is 6.29 Å². The first-order valence-corrected chi connectivity index (χ1v) is 4.95. The number of hydrogen-bond donors (Lipinski definition) is 0. The van der Waals surface area contributed by atoms with Gasteiger partial charge in [0.2, 0.25) is 0 Å². The third kappa shape index (κ3) is 1.96. The number of aldehydes is 1. The summed E-state index contributed by atoms with van der Waals surface area (Å²) >= 11 is 0. The molecule has 1 radical (unpaired) electrons. The lowest BCUT2D eigenvalue weighted by Gasteiger charge is -2.06. The van der Waals surface area contributed by atoms with E-state index in [4.69, 9.17) is 4.74 Å². The Labute approximate surface area is 94.5 Å². The normalized spacial score (nSPS) is 9.81. The van der Waals surface area contributed by atoms with E-state index >= 15 is 0 Å². The fraction of sp³-hybridized carbons (Fsp3) is 0.0714. The second kappa shape index (κ2) is 4.62. The van der Waals surface area contributed by atoms with Crippen molar-refractivity contribution in [2.45, 2.75) is 0 Å². The van der Waals surface area contributed by atoms with E-state index in [0.717, 1.165) is 17.4 Å². The molecule has 0 N–H and O–H groups in total. The minimum atomic E-state index is 0.563. The van der Waals surface area contributed by atoms with Gasteiger partial charge in [0.1, 0.15) is 5.75 Å². The van der Waals surface area contributed by atoms with Crippen LogP contribution >= 0.6 is 0 Å². The number of carbonyl (C=O) groups excluding carboxylic acids is 1. The van der Waals surface area contributed by atoms with Crippen LogP contribution in [0.5, 0.6) is 5.75 Å². The van der Waals surface area contributed by atoms with Crippen LogP contribution in [0.25, 0.3) is 11.1 Å². The van der Waals surface area contributed by atoms with E-state index in [9.17, 15) is 4.79 Å². The smallest absolute Gasteiger partial charge is 0.153 e. The van der Waals surface area contributed by atoms with Crippen molar-refractivity contribution < 1.29 is 9.53 Å². The summed E-state index contributed by atoms with van der Waals surface area (Å²) in [6, 6.07) is 16.1. The highest BCUT2D eigenvalue weighted by atomic mass is 16.5. The molecule has 2 nitrogen and oxygen atoms in total. The molecule has 0 bridgehead atoms. The minimum absolute atomic E-state index is 0.563. The van der Waals surface area contributed by atoms with Gasteiger partial charge < -0.3 is 4.74 Å². The first-order valence-electron chi connectivity index (χ1n) is 4.95. The molecule has 0 spiro atoms. The van der Waals surface area contributed by atoms with E-state index in [1.54, 1.807) is 13.2 Å². The van der Waals surface area contributed by atoms with E-state index in [1.807, 2.05) is 36.4 Å². The molecule has 0 atom stereocenters. The van der Waals surface area contributed by atoms with Gasteiger partial charge in [-0.25, -0.2) is 0 Å². The average Bonchev–Trinajstić information content (AvgIpc) is 2.39. The van der Waals surface area contributed by atoms with Crippen molar-refractivity contribution in [3.8, 4) is 16.9 Å². The fourth-order valence-electron chi connectivity index (χ4n) is 1.59. The van der Waals surface area contributed by atoms with Crippen molar-refractivity contribution in [3.05, 3.63) is 54.1 Å². The third-order valence-electron chi connectivity index (χ3n) is 2.41. The van der Waals surface area contributed by atoms with Gasteiger partial charge in [0.05, 0.1) is 12.7 Å². The Balaban J connectivity index is 2.48. The van der Waals surface area contributed by atoms with Crippen LogP contribution in [0.3, 0.4) is 0 Å². The summed E-state index contributed by atoms with van der Waals surface area (Å²) in [6.45, 7) is 0. The predicted molar refractivity (Wildman–Crippen MR) is 62.7 cm³/mol. The molecule has 0 aliphatic carbocycles. The van der Waals surface area contributed by atoms with Gasteiger partial charge in [0, 0.05) is 0 Å². The molecule has 16 heavy (non-hydrogen) atoms. The Kier molecular flexibility index (Phi) is 3.01. The molecule has 79 valence electrons. The molecule has 0 aliphatic rings. The topological polar surface area (TPSA) is 26.3 Å². The first kappa shape index (κ1) is 10.4. The molecule has 0 unspecified atom stereocenters. The zero-order valence-corrected chi connectivity index (χ0v) is 8.94. The Hall–Kier alpha value is -2.09. The zero-order chi connectivity index (χ0) is 11.4. The van der Waals surface area contributed by atoms with Gasteiger partial charge in [-0.15, -0.1) is 0 Å². The van der Waals surface area contributed by atoms with E-state index in [1.165, 1.54) is 0 Å². The van der Waals surface area contributed by atoms with E-state index < -0.39 is 0 Å². The third-order valence-corrected chi connectivity index (χ3v) is 2.41. The molecule has 0 aliphatic heterocycles. The van der Waals surface area contributed by atoms with Crippen LogP contribution in [0, 0.1) is 6.07 Å². The van der Waals surface area contributed by atoms with Crippen LogP contribution in [0.1, 0.15) is 10.4 Å². The summed E-state index contributed by atoms with van der Waals surface area (Å²) in [7, 11) is 1.56. The van der Waals surface area contributed by atoms with Crippen LogP contribution in [0.4, 0.5) is 0 Å². The van der Waals surface area contributed by atoms with Crippen molar-refractivity contribution in [1.29, 1.82) is 0 Å². The monoisotopic (exact) mass is 211 g/mol. The summed E-state index contributed by atoms with van der Waals surface area (Å²) < 4.78 is 5.09. The molecule has 2 aromatic carbocycles. The lowest BCUT2D eigenvalue weighted by atomic mass is 10.0. The fourth-order valence-corrected chi connectivity index (χ4v) is 1.59. The number of ether oxygens (including phenoxy) is 1. The highest BCUT2D eigenvalue weighted by Gasteiger charge is 2.04. The number of rotatable bonds is 3. The summed E-state index contributed by atoms with van der Waals surface area (Å²) in [5.41, 5.74) is 2.62. The first-order chi connectivity index (χ1) is 7.85. The molecule has 2 rings (SSSR count). The quantitative estimate of drug-likeness (QED) is 0.729. The van der Waals surface area contributed by atoms with Gasteiger partial charge >= 0.3 is 0 Å². The van der Waals surface area contributed by atoms with Crippen LogP contribution < -0.4 is 4.74 Å². The van der Waals surface area contributed by atoms with Crippen molar-refractivity contribution in [1.82, 2.24) is 0 Å². The van der Waals surface area contributed by atoms with Gasteiger partial charge in [0.25, 0.3) is 0 Å². The standard InChI is InChI=1S/C14H11O2/c1-16-14-8-7-12(9-13(14)10-15)11-5-3-2-4-6-11/h3-10H,1H3. The van der Waals surface area contributed by atoms with Crippen LogP contribution in [0.2, 0.25) is 0 Å². The van der Waals surface area contributed by atoms with Gasteiger partial charge in [-0.2, -0.15) is 0 Å². The van der Waals surface area contributed by atoms with Gasteiger partial charge in [-0.1, -0.05) is 30.3 Å². The van der Waals surface area contributed by atoms with E-state index in [2.05, 4.69) is 6.07 Å². The largest absolute Gasteiger partial charge is 0.496 e. The number of benzene rings is 2. The highest BCUT2D eigenvalue weighted by molar-refractivity contribution is 5.82. The molecular weight excluding hydrogens is 200 g/mol. The summed E-state index contributed by atoms with van der Waals surface area (Å²) in [5.74, 6) is 0.598. The van der Waals surface area contributed by atoms with E-state index in [-0.39, 0.29) is 0 Å². The Morgan fingerprint density at radius 2 is 1.88 bits per heavy atom. The molecular formula is C14H11O2. The zero-order valence-electron chi connectivity index (χ0n) is 8.94. The summed E-state index contributed by atoms with van der Waals surface area (Å²) in [5, 5.41) is 0. The molecule has 2 aromatic rings. The van der Waals surface area contributed by atoms with Crippen molar-refractivity contribution in [3.63, 3.8) is 0 Å². The van der Waals surface area contributed by atoms with Crippen molar-refractivity contribution in [2.75, 3.05) is 7.11 Å². The lowest BCUT2D eigenvalue weighted by Crippen LogP contribution is -1.90. The molecule has 0 saturated carbocycles. The Morgan fingerprint density at radius 3 is 2.50 bits per heavy atom. The summed E-state index contributed by atoms with van der Waals surface area (Å²) in [4.78, 5) is 10.9. The lowest BCUT2D eigenvalue weighted by molar-refractivity contribution is 0.112. The van der Waals surface area contributed by atoms with Crippen LogP contribution in [-0.2, 0) is 0 Å². The average molecular weight is 211 g/mol. The second-order valence-corrected chi connectivity index (χ2v) is 3.36. The number of methoxy groups -OCH3 is 1. The van der Waals surface area contributed by atoms with Crippen LogP contribution in [-0.4, -0.2) is 13.4 Å². The number of hydrogen-bond acceptors (Lipinski definition) is 2. The van der Waals surface area contributed by atoms with Gasteiger partial charge in [-0.3, -0.25) is 4.79 Å². The highest BCUT2D eigenvalue weighted by Crippen LogP contribution is 2.25. The molecule has 0 aromatic heterocycles. The molecule has 2 heteroatoms. The molecule has 0 amide bonds. The SMILES string of the molecule is COc1ccc(-c2cc[c]cc2)cc1C=O. The molecule has 0 fully saturated rings. The maximum Gasteiger partial charge on any atom is 0.153 e. The maximum absolute atomic E-state index is 10.9. The minimum Gasteiger partial charge on any atom is -0.496 e. The number of carbonyl (C=O) groups is 1. The van der Waals surface area contributed by atoms with Gasteiger partial charge in [0.15, 0.2) is 6.29 Å². The van der Waals surface area contributed by atoms with Gasteiger partial charge in [-0.05, 0) is 29.3 Å². The predicted octanol–water partition coefficient (Wildman–Crippen LogP) is 2.97.